The van der Waals surface area contributed by atoms with Crippen molar-refractivity contribution in [2.45, 2.75) is 25.8 Å². The lowest BCUT2D eigenvalue weighted by atomic mass is 10.2. The first-order valence-corrected chi connectivity index (χ1v) is 7.29. The van der Waals surface area contributed by atoms with E-state index >= 15 is 0 Å². The molecule has 1 aliphatic rings. The SMILES string of the molecule is Cc1ccc(NC(=O)CN2CCC[C@@H]2C(=O)N(C)C)cc1. The van der Waals surface area contributed by atoms with Gasteiger partial charge in [0.25, 0.3) is 0 Å². The summed E-state index contributed by atoms with van der Waals surface area (Å²) in [7, 11) is 3.51. The van der Waals surface area contributed by atoms with Crippen molar-refractivity contribution >= 4 is 17.5 Å². The molecule has 1 aliphatic heterocycles. The van der Waals surface area contributed by atoms with Gasteiger partial charge in [-0.1, -0.05) is 17.7 Å². The highest BCUT2D eigenvalue weighted by Gasteiger charge is 2.32. The van der Waals surface area contributed by atoms with Gasteiger partial charge in [0.1, 0.15) is 0 Å². The number of likely N-dealkylation sites (N-methyl/N-ethyl adjacent to an activating group) is 1. The predicted molar refractivity (Wildman–Crippen MR) is 83.1 cm³/mol. The third-order valence-corrected chi connectivity index (χ3v) is 3.77. The molecule has 114 valence electrons. The van der Waals surface area contributed by atoms with E-state index in [4.69, 9.17) is 0 Å². The molecule has 1 saturated heterocycles. The van der Waals surface area contributed by atoms with Crippen molar-refractivity contribution in [2.75, 3.05) is 32.5 Å². The molecule has 5 nitrogen and oxygen atoms in total. The van der Waals surface area contributed by atoms with Gasteiger partial charge < -0.3 is 10.2 Å². The highest BCUT2D eigenvalue weighted by atomic mass is 16.2. The number of aryl methyl sites for hydroxylation is 1. The molecule has 0 spiro atoms. The molecule has 5 heteroatoms. The molecular formula is C16H23N3O2. The topological polar surface area (TPSA) is 52.7 Å². The fourth-order valence-electron chi connectivity index (χ4n) is 2.61. The number of carbonyl (C=O) groups is 2. The first-order valence-electron chi connectivity index (χ1n) is 7.29. The number of nitrogens with zero attached hydrogens (tertiary/aromatic N) is 2. The molecule has 1 heterocycles. The molecular weight excluding hydrogens is 266 g/mol. The average Bonchev–Trinajstić information content (AvgIpc) is 2.88. The Morgan fingerprint density at radius 3 is 2.57 bits per heavy atom. The van der Waals surface area contributed by atoms with E-state index in [1.807, 2.05) is 36.1 Å². The Hall–Kier alpha value is -1.88. The van der Waals surface area contributed by atoms with E-state index in [0.29, 0.717) is 0 Å². The molecule has 0 aliphatic carbocycles. The summed E-state index contributed by atoms with van der Waals surface area (Å²) in [5, 5.41) is 2.88. The third kappa shape index (κ3) is 4.04. The summed E-state index contributed by atoms with van der Waals surface area (Å²) in [6.07, 6.45) is 1.79. The fourth-order valence-corrected chi connectivity index (χ4v) is 2.61. The van der Waals surface area contributed by atoms with Crippen molar-refractivity contribution in [3.63, 3.8) is 0 Å². The van der Waals surface area contributed by atoms with E-state index in [1.165, 1.54) is 0 Å². The number of hydrogen-bond acceptors (Lipinski definition) is 3. The van der Waals surface area contributed by atoms with Gasteiger partial charge in [-0.15, -0.1) is 0 Å². The van der Waals surface area contributed by atoms with Crippen molar-refractivity contribution in [1.82, 2.24) is 9.80 Å². The molecule has 2 rings (SSSR count). The van der Waals surface area contributed by atoms with Gasteiger partial charge in [-0.3, -0.25) is 14.5 Å². The molecule has 0 saturated carbocycles. The zero-order chi connectivity index (χ0) is 15.4. The zero-order valence-electron chi connectivity index (χ0n) is 12.9. The number of carbonyl (C=O) groups excluding carboxylic acids is 2. The standard InChI is InChI=1S/C16H23N3O2/c1-12-6-8-13(9-7-12)17-15(20)11-19-10-4-5-14(19)16(21)18(2)3/h6-9,14H,4-5,10-11H2,1-3H3,(H,17,20)/t14-/m1/s1. The molecule has 0 unspecified atom stereocenters. The smallest absolute Gasteiger partial charge is 0.239 e. The van der Waals surface area contributed by atoms with Gasteiger partial charge in [0.05, 0.1) is 12.6 Å². The molecule has 21 heavy (non-hydrogen) atoms. The van der Waals surface area contributed by atoms with Crippen molar-refractivity contribution in [3.8, 4) is 0 Å². The lowest BCUT2D eigenvalue weighted by Gasteiger charge is -2.25. The van der Waals surface area contributed by atoms with Crippen LogP contribution in [0.1, 0.15) is 18.4 Å². The minimum Gasteiger partial charge on any atom is -0.347 e. The fraction of sp³-hybridized carbons (Fsp3) is 0.500. The number of anilines is 1. The minimum atomic E-state index is -0.163. The Kier molecular flexibility index (Phi) is 4.96. The number of nitrogens with one attached hydrogen (secondary N) is 1. The van der Waals surface area contributed by atoms with Gasteiger partial charge in [-0.05, 0) is 38.4 Å². The number of amides is 2. The maximum absolute atomic E-state index is 12.1. The normalized spacial score (nSPS) is 18.5. The van der Waals surface area contributed by atoms with Crippen LogP contribution in [0.2, 0.25) is 0 Å². The van der Waals surface area contributed by atoms with Gasteiger partial charge in [-0.25, -0.2) is 0 Å². The molecule has 1 fully saturated rings. The van der Waals surface area contributed by atoms with Crippen LogP contribution in [0.4, 0.5) is 5.69 Å². The summed E-state index contributed by atoms with van der Waals surface area (Å²) in [6, 6.07) is 7.54. The quantitative estimate of drug-likeness (QED) is 0.913. The summed E-state index contributed by atoms with van der Waals surface area (Å²) >= 11 is 0. The molecule has 1 N–H and O–H groups in total. The molecule has 1 atom stereocenters. The molecule has 0 aromatic heterocycles. The lowest BCUT2D eigenvalue weighted by molar-refractivity contribution is -0.133. The van der Waals surface area contributed by atoms with Gasteiger partial charge in [0.15, 0.2) is 0 Å². The second-order valence-electron chi connectivity index (χ2n) is 5.78. The van der Waals surface area contributed by atoms with Crippen LogP contribution in [-0.4, -0.2) is 54.8 Å². The van der Waals surface area contributed by atoms with Crippen molar-refractivity contribution in [3.05, 3.63) is 29.8 Å². The van der Waals surface area contributed by atoms with E-state index in [0.717, 1.165) is 30.6 Å². The summed E-state index contributed by atoms with van der Waals surface area (Å²) in [5.41, 5.74) is 1.95. The number of rotatable bonds is 4. The highest BCUT2D eigenvalue weighted by molar-refractivity contribution is 5.93. The van der Waals surface area contributed by atoms with Gasteiger partial charge in [0, 0.05) is 19.8 Å². The van der Waals surface area contributed by atoms with Crippen LogP contribution < -0.4 is 5.32 Å². The molecule has 0 bridgehead atoms. The van der Waals surface area contributed by atoms with Crippen molar-refractivity contribution in [2.24, 2.45) is 0 Å². The maximum atomic E-state index is 12.1. The Labute approximate surface area is 125 Å². The van der Waals surface area contributed by atoms with Crippen LogP contribution in [-0.2, 0) is 9.59 Å². The second kappa shape index (κ2) is 6.72. The van der Waals surface area contributed by atoms with Crippen LogP contribution in [0.3, 0.4) is 0 Å². The molecule has 0 radical (unpaired) electrons. The minimum absolute atomic E-state index is 0.0719. The molecule has 2 amide bonds. The third-order valence-electron chi connectivity index (χ3n) is 3.77. The second-order valence-corrected chi connectivity index (χ2v) is 5.78. The Morgan fingerprint density at radius 1 is 1.29 bits per heavy atom. The largest absolute Gasteiger partial charge is 0.347 e. The van der Waals surface area contributed by atoms with Crippen LogP contribution in [0.25, 0.3) is 0 Å². The van der Waals surface area contributed by atoms with E-state index in [1.54, 1.807) is 19.0 Å². The van der Waals surface area contributed by atoms with Crippen LogP contribution in [0.5, 0.6) is 0 Å². The van der Waals surface area contributed by atoms with Crippen LogP contribution in [0, 0.1) is 6.92 Å². The first kappa shape index (κ1) is 15.5. The number of likely N-dealkylation sites (tertiary alicyclic amines) is 1. The summed E-state index contributed by atoms with van der Waals surface area (Å²) in [6.45, 7) is 3.07. The van der Waals surface area contributed by atoms with Gasteiger partial charge in [0.2, 0.25) is 11.8 Å². The average molecular weight is 289 g/mol. The number of benzene rings is 1. The maximum Gasteiger partial charge on any atom is 0.239 e. The Balaban J connectivity index is 1.92. The van der Waals surface area contributed by atoms with Crippen LogP contribution >= 0.6 is 0 Å². The van der Waals surface area contributed by atoms with Gasteiger partial charge >= 0.3 is 0 Å². The Morgan fingerprint density at radius 2 is 1.95 bits per heavy atom. The lowest BCUT2D eigenvalue weighted by Crippen LogP contribution is -2.45. The highest BCUT2D eigenvalue weighted by Crippen LogP contribution is 2.18. The van der Waals surface area contributed by atoms with Crippen molar-refractivity contribution < 1.29 is 9.59 Å². The zero-order valence-corrected chi connectivity index (χ0v) is 12.9. The van der Waals surface area contributed by atoms with Crippen molar-refractivity contribution in [1.29, 1.82) is 0 Å². The molecule has 1 aromatic rings. The van der Waals surface area contributed by atoms with Gasteiger partial charge in [-0.2, -0.15) is 0 Å². The van der Waals surface area contributed by atoms with E-state index < -0.39 is 0 Å². The predicted octanol–water partition coefficient (Wildman–Crippen LogP) is 1.49. The number of hydrogen-bond donors (Lipinski definition) is 1. The summed E-state index contributed by atoms with van der Waals surface area (Å²) in [5.74, 6) is 0.00736. The van der Waals surface area contributed by atoms with E-state index in [9.17, 15) is 9.59 Å². The molecule has 1 aromatic carbocycles. The monoisotopic (exact) mass is 289 g/mol. The van der Waals surface area contributed by atoms with Crippen LogP contribution in [0.15, 0.2) is 24.3 Å². The van der Waals surface area contributed by atoms with E-state index in [2.05, 4.69) is 5.32 Å². The first-order chi connectivity index (χ1) is 9.97. The summed E-state index contributed by atoms with van der Waals surface area (Å²) < 4.78 is 0. The van der Waals surface area contributed by atoms with E-state index in [-0.39, 0.29) is 24.4 Å². The summed E-state index contributed by atoms with van der Waals surface area (Å²) in [4.78, 5) is 27.8. The Bertz CT molecular complexity index is 511.